The monoisotopic (exact) mass is 415 g/mol. The number of methoxy groups -OCH3 is 1. The van der Waals surface area contributed by atoms with E-state index in [2.05, 4.69) is 43.4 Å². The van der Waals surface area contributed by atoms with E-state index in [1.807, 2.05) is 54.6 Å². The van der Waals surface area contributed by atoms with Crippen LogP contribution in [-0.2, 0) is 4.79 Å². The summed E-state index contributed by atoms with van der Waals surface area (Å²) in [4.78, 5) is 13.3. The molecule has 4 nitrogen and oxygen atoms in total. The molecule has 1 N–H and O–H groups in total. The third-order valence-corrected chi connectivity index (χ3v) is 5.80. The lowest BCUT2D eigenvalue weighted by molar-refractivity contribution is -0.122. The zero-order chi connectivity index (χ0) is 21.8. The van der Waals surface area contributed by atoms with Crippen LogP contribution in [-0.4, -0.2) is 18.6 Å². The first-order valence-electron chi connectivity index (χ1n) is 10.7. The van der Waals surface area contributed by atoms with Crippen molar-refractivity contribution in [2.24, 2.45) is 0 Å². The number of hydrogen-bond acceptors (Lipinski definition) is 3. The molecule has 1 heterocycles. The van der Waals surface area contributed by atoms with Gasteiger partial charge in [0.2, 0.25) is 5.91 Å². The van der Waals surface area contributed by atoms with Crippen LogP contribution in [0.3, 0.4) is 0 Å². The van der Waals surface area contributed by atoms with Crippen molar-refractivity contribution in [1.82, 2.24) is 5.32 Å². The molecule has 0 saturated heterocycles. The van der Waals surface area contributed by atoms with Crippen LogP contribution in [0.25, 0.3) is 0 Å². The Hall–Kier alpha value is -3.27. The molecule has 1 aliphatic rings. The van der Waals surface area contributed by atoms with Crippen LogP contribution in [0, 0.1) is 0 Å². The highest BCUT2D eigenvalue weighted by Gasteiger charge is 2.35. The van der Waals surface area contributed by atoms with E-state index in [9.17, 15) is 4.79 Å². The molecule has 0 unspecified atom stereocenters. The predicted octanol–water partition coefficient (Wildman–Crippen LogP) is 5.64. The maximum absolute atomic E-state index is 13.3. The van der Waals surface area contributed by atoms with E-state index in [-0.39, 0.29) is 23.5 Å². The van der Waals surface area contributed by atoms with Crippen molar-refractivity contribution in [3.63, 3.8) is 0 Å². The van der Waals surface area contributed by atoms with Crippen molar-refractivity contribution in [3.05, 3.63) is 95.6 Å². The van der Waals surface area contributed by atoms with Gasteiger partial charge in [-0.25, -0.2) is 0 Å². The quantitative estimate of drug-likeness (QED) is 0.567. The van der Waals surface area contributed by atoms with Crippen LogP contribution in [0.1, 0.15) is 55.3 Å². The van der Waals surface area contributed by atoms with Gasteiger partial charge in [-0.15, -0.1) is 0 Å². The second-order valence-electron chi connectivity index (χ2n) is 8.67. The number of benzene rings is 3. The molecule has 0 aliphatic carbocycles. The van der Waals surface area contributed by atoms with Crippen molar-refractivity contribution in [2.75, 3.05) is 7.11 Å². The molecule has 0 radical (unpaired) electrons. The largest absolute Gasteiger partial charge is 0.497 e. The Balaban J connectivity index is 1.58. The minimum Gasteiger partial charge on any atom is -0.497 e. The number of hydrogen-bond donors (Lipinski definition) is 1. The Labute approximate surface area is 184 Å². The zero-order valence-electron chi connectivity index (χ0n) is 18.3. The number of nitrogens with one attached hydrogen (secondary N) is 1. The molecule has 0 spiro atoms. The minimum absolute atomic E-state index is 0.0000284. The SMILES string of the molecule is COc1ccc2c(c1)[C@H](NC(=O)CC(c1ccccc1)c1ccccc1)CC(C)(C)O2. The molecule has 0 fully saturated rings. The molecule has 1 amide bonds. The summed E-state index contributed by atoms with van der Waals surface area (Å²) < 4.78 is 11.5. The molecule has 4 rings (SSSR count). The normalized spacial score (nSPS) is 16.8. The van der Waals surface area contributed by atoms with E-state index in [1.54, 1.807) is 7.11 Å². The lowest BCUT2D eigenvalue weighted by atomic mass is 9.87. The third kappa shape index (κ3) is 4.91. The maximum atomic E-state index is 13.3. The summed E-state index contributed by atoms with van der Waals surface area (Å²) in [5.74, 6) is 1.58. The van der Waals surface area contributed by atoms with E-state index in [1.165, 1.54) is 0 Å². The molecular weight excluding hydrogens is 386 g/mol. The van der Waals surface area contributed by atoms with Gasteiger partial charge in [-0.3, -0.25) is 4.79 Å². The predicted molar refractivity (Wildman–Crippen MR) is 123 cm³/mol. The van der Waals surface area contributed by atoms with E-state index in [4.69, 9.17) is 9.47 Å². The summed E-state index contributed by atoms with van der Waals surface area (Å²) in [6.45, 7) is 4.10. The fraction of sp³-hybridized carbons (Fsp3) is 0.296. The highest BCUT2D eigenvalue weighted by atomic mass is 16.5. The van der Waals surface area contributed by atoms with Crippen LogP contribution in [0.4, 0.5) is 0 Å². The van der Waals surface area contributed by atoms with Crippen LogP contribution in [0.2, 0.25) is 0 Å². The van der Waals surface area contributed by atoms with Gasteiger partial charge in [0, 0.05) is 24.3 Å². The number of carbonyl (C=O) groups excluding carboxylic acids is 1. The summed E-state index contributed by atoms with van der Waals surface area (Å²) in [5, 5.41) is 3.28. The molecule has 0 saturated carbocycles. The van der Waals surface area contributed by atoms with Gasteiger partial charge in [-0.2, -0.15) is 0 Å². The van der Waals surface area contributed by atoms with Gasteiger partial charge in [0.25, 0.3) is 0 Å². The van der Waals surface area contributed by atoms with E-state index >= 15 is 0 Å². The lowest BCUT2D eigenvalue weighted by Gasteiger charge is -2.38. The molecule has 1 atom stereocenters. The van der Waals surface area contributed by atoms with E-state index < -0.39 is 0 Å². The van der Waals surface area contributed by atoms with Crippen LogP contribution >= 0.6 is 0 Å². The highest BCUT2D eigenvalue weighted by Crippen LogP contribution is 2.41. The van der Waals surface area contributed by atoms with Gasteiger partial charge in [0.1, 0.15) is 17.1 Å². The molecule has 31 heavy (non-hydrogen) atoms. The fourth-order valence-corrected chi connectivity index (χ4v) is 4.33. The summed E-state index contributed by atoms with van der Waals surface area (Å²) in [6, 6.07) is 26.1. The van der Waals surface area contributed by atoms with Crippen molar-refractivity contribution in [3.8, 4) is 11.5 Å². The molecule has 0 aromatic heterocycles. The van der Waals surface area contributed by atoms with Gasteiger partial charge < -0.3 is 14.8 Å². The van der Waals surface area contributed by atoms with Gasteiger partial charge in [-0.1, -0.05) is 60.7 Å². The van der Waals surface area contributed by atoms with Crippen LogP contribution in [0.5, 0.6) is 11.5 Å². The first kappa shape index (κ1) is 21.0. The summed E-state index contributed by atoms with van der Waals surface area (Å²) in [6.07, 6.45) is 1.07. The summed E-state index contributed by atoms with van der Waals surface area (Å²) >= 11 is 0. The number of fused-ring (bicyclic) bond motifs is 1. The third-order valence-electron chi connectivity index (χ3n) is 5.80. The molecular formula is C27H29NO3. The Kier molecular flexibility index (Phi) is 5.99. The number of amides is 1. The van der Waals surface area contributed by atoms with Crippen molar-refractivity contribution >= 4 is 5.91 Å². The number of rotatable bonds is 6. The van der Waals surface area contributed by atoms with Crippen molar-refractivity contribution in [2.45, 2.75) is 44.2 Å². The molecule has 4 heteroatoms. The first-order valence-corrected chi connectivity index (χ1v) is 10.7. The van der Waals surface area contributed by atoms with Crippen molar-refractivity contribution in [1.29, 1.82) is 0 Å². The Morgan fingerprint density at radius 3 is 2.23 bits per heavy atom. The van der Waals surface area contributed by atoms with Gasteiger partial charge >= 0.3 is 0 Å². The standard InChI is InChI=1S/C27H29NO3/c1-27(2)18-24(23-16-21(30-3)14-15-25(23)31-27)28-26(29)17-22(19-10-6-4-7-11-19)20-12-8-5-9-13-20/h4-16,22,24H,17-18H2,1-3H3,(H,28,29)/t24-/m1/s1. The Morgan fingerprint density at radius 1 is 1.03 bits per heavy atom. The van der Waals surface area contributed by atoms with Gasteiger partial charge in [-0.05, 0) is 43.2 Å². The number of carbonyl (C=O) groups is 1. The molecule has 160 valence electrons. The zero-order valence-corrected chi connectivity index (χ0v) is 18.3. The van der Waals surface area contributed by atoms with Crippen LogP contribution < -0.4 is 14.8 Å². The average molecular weight is 416 g/mol. The number of ether oxygens (including phenoxy) is 2. The van der Waals surface area contributed by atoms with Crippen LogP contribution in [0.15, 0.2) is 78.9 Å². The summed E-state index contributed by atoms with van der Waals surface area (Å²) in [7, 11) is 1.65. The maximum Gasteiger partial charge on any atom is 0.221 e. The first-order chi connectivity index (χ1) is 14.9. The highest BCUT2D eigenvalue weighted by molar-refractivity contribution is 5.78. The Bertz CT molecular complexity index is 991. The second-order valence-corrected chi connectivity index (χ2v) is 8.67. The molecule has 0 bridgehead atoms. The smallest absolute Gasteiger partial charge is 0.221 e. The molecule has 3 aromatic carbocycles. The topological polar surface area (TPSA) is 47.6 Å². The second kappa shape index (κ2) is 8.84. The van der Waals surface area contributed by atoms with Crippen molar-refractivity contribution < 1.29 is 14.3 Å². The van der Waals surface area contributed by atoms with E-state index in [0.29, 0.717) is 12.8 Å². The average Bonchev–Trinajstić information content (AvgIpc) is 2.78. The fourth-order valence-electron chi connectivity index (χ4n) is 4.33. The van der Waals surface area contributed by atoms with Gasteiger partial charge in [0.05, 0.1) is 13.2 Å². The Morgan fingerprint density at radius 2 is 1.65 bits per heavy atom. The minimum atomic E-state index is -0.363. The van der Waals surface area contributed by atoms with E-state index in [0.717, 1.165) is 28.2 Å². The lowest BCUT2D eigenvalue weighted by Crippen LogP contribution is -2.41. The molecule has 1 aliphatic heterocycles. The van der Waals surface area contributed by atoms with Gasteiger partial charge in [0.15, 0.2) is 0 Å². The summed E-state index contributed by atoms with van der Waals surface area (Å²) in [5.41, 5.74) is 2.87. The molecule has 3 aromatic rings.